The topological polar surface area (TPSA) is 222 Å². The van der Waals surface area contributed by atoms with Gasteiger partial charge in [-0.25, -0.2) is 24.2 Å². The van der Waals surface area contributed by atoms with Gasteiger partial charge in [-0.2, -0.15) is 5.10 Å². The maximum absolute atomic E-state index is 14.4. The van der Waals surface area contributed by atoms with Crippen molar-refractivity contribution in [1.29, 1.82) is 0 Å². The first-order valence-electron chi connectivity index (χ1n) is 20.3. The molecule has 0 aliphatic carbocycles. The number of likely N-dealkylation sites (tertiary alicyclic amines) is 1. The number of rotatable bonds is 8. The predicted molar refractivity (Wildman–Crippen MR) is 223 cm³/mol. The highest BCUT2D eigenvalue weighted by molar-refractivity contribution is 5.91. The van der Waals surface area contributed by atoms with E-state index in [1.165, 1.54) is 15.5 Å². The van der Waals surface area contributed by atoms with Crippen LogP contribution in [0.3, 0.4) is 0 Å². The zero-order valence-corrected chi connectivity index (χ0v) is 33.9. The van der Waals surface area contributed by atoms with Crippen molar-refractivity contribution in [3.8, 4) is 51.5 Å². The van der Waals surface area contributed by atoms with Gasteiger partial charge < -0.3 is 39.4 Å². The lowest BCUT2D eigenvalue weighted by Crippen LogP contribution is -2.62. The molecule has 2 unspecified atom stereocenters. The van der Waals surface area contributed by atoms with Gasteiger partial charge in [0.1, 0.15) is 41.1 Å². The first-order valence-corrected chi connectivity index (χ1v) is 20.3. The van der Waals surface area contributed by atoms with E-state index in [1.807, 2.05) is 26.8 Å². The Morgan fingerprint density at radius 3 is 2.48 bits per heavy atom. The van der Waals surface area contributed by atoms with E-state index in [2.05, 4.69) is 10.2 Å². The highest BCUT2D eigenvalue weighted by Gasteiger charge is 2.56. The number of esters is 1. The molecule has 0 bridgehead atoms. The Bertz CT molecular complexity index is 2920. The Balaban J connectivity index is 1.06. The summed E-state index contributed by atoms with van der Waals surface area (Å²) < 4.78 is 15.2. The number of H-pyrrole nitrogens is 1. The van der Waals surface area contributed by atoms with E-state index in [4.69, 9.17) is 14.5 Å². The summed E-state index contributed by atoms with van der Waals surface area (Å²) in [5.74, 6) is -0.355. The molecule has 9 rings (SSSR count). The molecule has 16 nitrogen and oxygen atoms in total. The number of aromatic hydroxyl groups is 3. The number of benzene rings is 3. The standard InChI is InChI=1S/C45H44N6O10/c1-5-27-29-15-24(52)9-12-34(29)46-39-31(27)20-50-35(39)18-33-32(41(50)55)21-60-42(56)45(33,6-2)38-16-26(13-14-49(38)44(58)59)61-25-10-7-23(8-11-25)51-40(47-48-43(51)57)30-17-28(22(3)4)36(53)19-37(30)54/h7-12,15,17-19,22,26,38,52-54H,5-6,13-14,16,20-21H2,1-4H3,(H,48,57)(H,58,59)/t26?,38-,45?/m0/s1. The summed E-state index contributed by atoms with van der Waals surface area (Å²) in [6.07, 6.45) is -0.610. The number of aromatic nitrogens is 5. The van der Waals surface area contributed by atoms with Crippen LogP contribution in [0, 0.1) is 0 Å². The Kier molecular flexibility index (Phi) is 9.40. The lowest BCUT2D eigenvalue weighted by molar-refractivity contribution is -0.159. The average Bonchev–Trinajstić information content (AvgIpc) is 3.80. The van der Waals surface area contributed by atoms with Crippen LogP contribution in [0.15, 0.2) is 70.3 Å². The van der Waals surface area contributed by atoms with Crippen LogP contribution in [0.5, 0.6) is 23.0 Å². The van der Waals surface area contributed by atoms with E-state index in [-0.39, 0.29) is 78.2 Å². The van der Waals surface area contributed by atoms with Crippen molar-refractivity contribution in [2.75, 3.05) is 6.54 Å². The lowest BCUT2D eigenvalue weighted by Gasteiger charge is -2.49. The fraction of sp³-hybridized carbons (Fsp3) is 0.333. The molecule has 1 fully saturated rings. The zero-order chi connectivity index (χ0) is 43.1. The summed E-state index contributed by atoms with van der Waals surface area (Å²) in [6.45, 7) is 7.62. The number of pyridine rings is 2. The molecule has 3 aliphatic heterocycles. The molecule has 6 aromatic rings. The molecule has 0 saturated carbocycles. The summed E-state index contributed by atoms with van der Waals surface area (Å²) in [4.78, 5) is 61.0. The van der Waals surface area contributed by atoms with Crippen LogP contribution in [-0.4, -0.2) is 80.4 Å². The van der Waals surface area contributed by atoms with Gasteiger partial charge in [0.25, 0.3) is 5.56 Å². The van der Waals surface area contributed by atoms with E-state index in [1.54, 1.807) is 60.0 Å². The Hall–Kier alpha value is -7.10. The van der Waals surface area contributed by atoms with Gasteiger partial charge in [0.05, 0.1) is 46.3 Å². The zero-order valence-electron chi connectivity index (χ0n) is 33.9. The fourth-order valence-corrected chi connectivity index (χ4v) is 9.70. The molecular weight excluding hydrogens is 785 g/mol. The quantitative estimate of drug-likeness (QED) is 0.110. The smallest absolute Gasteiger partial charge is 0.407 e. The molecule has 1 amide bonds. The van der Waals surface area contributed by atoms with Gasteiger partial charge in [-0.1, -0.05) is 27.7 Å². The van der Waals surface area contributed by atoms with Gasteiger partial charge in [0.15, 0.2) is 5.82 Å². The van der Waals surface area contributed by atoms with Crippen molar-refractivity contribution in [3.05, 3.63) is 109 Å². The molecule has 16 heteroatoms. The number of phenolic OH excluding ortho intramolecular Hbond substituents is 3. The lowest BCUT2D eigenvalue weighted by atomic mass is 9.66. The minimum atomic E-state index is -1.56. The maximum Gasteiger partial charge on any atom is 0.407 e. The van der Waals surface area contributed by atoms with Crippen LogP contribution in [-0.2, 0) is 34.5 Å². The van der Waals surface area contributed by atoms with Crippen molar-refractivity contribution >= 4 is 23.0 Å². The van der Waals surface area contributed by atoms with Crippen molar-refractivity contribution in [2.24, 2.45) is 0 Å². The average molecular weight is 829 g/mol. The summed E-state index contributed by atoms with van der Waals surface area (Å²) in [6, 6.07) is 15.3. The number of fused-ring (bicyclic) bond motifs is 5. The first kappa shape index (κ1) is 39.4. The maximum atomic E-state index is 14.4. The number of hydrogen-bond donors (Lipinski definition) is 5. The Labute approximate surface area is 348 Å². The molecule has 3 atom stereocenters. The van der Waals surface area contributed by atoms with Crippen molar-refractivity contribution in [3.63, 3.8) is 0 Å². The minimum absolute atomic E-state index is 0.0440. The highest BCUT2D eigenvalue weighted by atomic mass is 16.5. The van der Waals surface area contributed by atoms with Crippen molar-refractivity contribution in [1.82, 2.24) is 29.2 Å². The van der Waals surface area contributed by atoms with Crippen LogP contribution in [0.2, 0.25) is 0 Å². The molecule has 3 aromatic carbocycles. The molecule has 6 heterocycles. The van der Waals surface area contributed by atoms with Crippen LogP contribution >= 0.6 is 0 Å². The van der Waals surface area contributed by atoms with E-state index < -0.39 is 35.3 Å². The molecule has 61 heavy (non-hydrogen) atoms. The number of carbonyl (C=O) groups excluding carboxylic acids is 1. The number of carboxylic acid groups (broad SMARTS) is 1. The molecule has 0 radical (unpaired) electrons. The molecule has 5 N–H and O–H groups in total. The van der Waals surface area contributed by atoms with Gasteiger partial charge in [-0.3, -0.25) is 9.59 Å². The van der Waals surface area contributed by atoms with Gasteiger partial charge in [0.2, 0.25) is 0 Å². The highest BCUT2D eigenvalue weighted by Crippen LogP contribution is 2.47. The second-order valence-corrected chi connectivity index (χ2v) is 16.2. The third-order valence-corrected chi connectivity index (χ3v) is 12.7. The minimum Gasteiger partial charge on any atom is -0.508 e. The van der Waals surface area contributed by atoms with Crippen LogP contribution in [0.25, 0.3) is 39.4 Å². The number of phenols is 3. The van der Waals surface area contributed by atoms with Gasteiger partial charge >= 0.3 is 17.8 Å². The SMILES string of the molecule is CCc1c2c(nc3ccc(O)cc13)-c1cc3c(c(=O)n1C2)COC(=O)C3(CC)[C@@H]1CC(Oc2ccc(-n3c(-c4cc(C(C)C)c(O)cc4O)n[nH]c3=O)cc2)CCN1C(=O)O. The number of cyclic esters (lactones) is 1. The normalized spacial score (nSPS) is 19.4. The number of hydrogen-bond acceptors (Lipinski definition) is 11. The van der Waals surface area contributed by atoms with Crippen LogP contribution < -0.4 is 16.0 Å². The van der Waals surface area contributed by atoms with Crippen molar-refractivity contribution in [2.45, 2.75) is 90.0 Å². The number of nitrogens with zero attached hydrogens (tertiary/aromatic N) is 5. The van der Waals surface area contributed by atoms with E-state index >= 15 is 0 Å². The number of ether oxygens (including phenoxy) is 2. The van der Waals surface area contributed by atoms with E-state index in [0.717, 1.165) is 16.5 Å². The number of piperidine rings is 1. The molecule has 0 spiro atoms. The summed E-state index contributed by atoms with van der Waals surface area (Å²) in [5, 5.41) is 49.4. The van der Waals surface area contributed by atoms with Gasteiger partial charge in [-0.15, -0.1) is 0 Å². The number of nitrogens with one attached hydrogen (secondary N) is 1. The third kappa shape index (κ3) is 6.10. The van der Waals surface area contributed by atoms with Crippen molar-refractivity contribution < 1.29 is 39.5 Å². The second-order valence-electron chi connectivity index (χ2n) is 16.2. The first-order chi connectivity index (χ1) is 29.2. The second kappa shape index (κ2) is 14.6. The Morgan fingerprint density at radius 2 is 1.77 bits per heavy atom. The molecule has 3 aliphatic rings. The van der Waals surface area contributed by atoms with E-state index in [9.17, 15) is 39.6 Å². The van der Waals surface area contributed by atoms with Crippen LogP contribution in [0.1, 0.15) is 80.7 Å². The van der Waals surface area contributed by atoms with Crippen LogP contribution in [0.4, 0.5) is 4.79 Å². The number of aryl methyl sites for hydroxylation is 1. The largest absolute Gasteiger partial charge is 0.508 e. The molecule has 1 saturated heterocycles. The molecule has 314 valence electrons. The monoisotopic (exact) mass is 828 g/mol. The number of carbonyl (C=O) groups is 2. The summed E-state index contributed by atoms with van der Waals surface area (Å²) in [7, 11) is 0. The molecular formula is C45H44N6O10. The Morgan fingerprint density at radius 1 is 1.00 bits per heavy atom. The number of aromatic amines is 1. The summed E-state index contributed by atoms with van der Waals surface area (Å²) >= 11 is 0. The molecule has 3 aromatic heterocycles. The fourth-order valence-electron chi connectivity index (χ4n) is 9.70. The summed E-state index contributed by atoms with van der Waals surface area (Å²) in [5.41, 5.74) is 3.09. The predicted octanol–water partition coefficient (Wildman–Crippen LogP) is 6.06. The van der Waals surface area contributed by atoms with Gasteiger partial charge in [0, 0.05) is 36.4 Å². The van der Waals surface area contributed by atoms with Gasteiger partial charge in [-0.05, 0) is 90.0 Å². The van der Waals surface area contributed by atoms with E-state index in [0.29, 0.717) is 52.3 Å². The third-order valence-electron chi connectivity index (χ3n) is 12.7. The number of amides is 1.